The molecule has 1 amide bonds. The minimum absolute atomic E-state index is 0.0772. The van der Waals surface area contributed by atoms with Crippen LogP contribution in [0.15, 0.2) is 52.2 Å². The van der Waals surface area contributed by atoms with E-state index in [1.807, 2.05) is 24.3 Å². The van der Waals surface area contributed by atoms with Crippen LogP contribution >= 0.6 is 0 Å². The first-order valence-corrected chi connectivity index (χ1v) is 11.9. The summed E-state index contributed by atoms with van der Waals surface area (Å²) < 4.78 is 35.6. The van der Waals surface area contributed by atoms with E-state index in [1.165, 1.54) is 10.4 Å². The molecule has 0 unspecified atom stereocenters. The van der Waals surface area contributed by atoms with Gasteiger partial charge >= 0.3 is 5.69 Å². The van der Waals surface area contributed by atoms with Crippen molar-refractivity contribution in [2.24, 2.45) is 7.05 Å². The van der Waals surface area contributed by atoms with E-state index in [2.05, 4.69) is 5.32 Å². The summed E-state index contributed by atoms with van der Waals surface area (Å²) in [7, 11) is -1.97. The summed E-state index contributed by atoms with van der Waals surface area (Å²) in [5.41, 5.74) is 2.57. The molecule has 1 aliphatic rings. The van der Waals surface area contributed by atoms with Gasteiger partial charge in [0.1, 0.15) is 0 Å². The summed E-state index contributed by atoms with van der Waals surface area (Å²) in [6, 6.07) is 12.1. The number of ether oxygens (including phenoxy) is 1. The Hall–Kier alpha value is -2.95. The Labute approximate surface area is 186 Å². The first-order chi connectivity index (χ1) is 15.3. The number of nitrogens with zero attached hydrogens (tertiary/aromatic N) is 3. The molecule has 170 valence electrons. The van der Waals surface area contributed by atoms with Gasteiger partial charge in [-0.2, -0.15) is 4.31 Å². The predicted octanol–water partition coefficient (Wildman–Crippen LogP) is 1.70. The van der Waals surface area contributed by atoms with Crippen LogP contribution in [-0.2, 0) is 33.1 Å². The maximum atomic E-state index is 12.9. The predicted molar refractivity (Wildman–Crippen MR) is 121 cm³/mol. The van der Waals surface area contributed by atoms with Crippen molar-refractivity contribution in [1.82, 2.24) is 13.4 Å². The summed E-state index contributed by atoms with van der Waals surface area (Å²) in [5, 5.41) is 2.80. The Morgan fingerprint density at radius 2 is 1.78 bits per heavy atom. The monoisotopic (exact) mass is 458 g/mol. The van der Waals surface area contributed by atoms with Gasteiger partial charge in [0.2, 0.25) is 15.9 Å². The summed E-state index contributed by atoms with van der Waals surface area (Å²) in [4.78, 5) is 25.3. The molecule has 3 aromatic rings. The Morgan fingerprint density at radius 1 is 1.09 bits per heavy atom. The fourth-order valence-corrected chi connectivity index (χ4v) is 5.27. The summed E-state index contributed by atoms with van der Waals surface area (Å²) >= 11 is 0. The third-order valence-corrected chi connectivity index (χ3v) is 7.60. The highest BCUT2D eigenvalue weighted by molar-refractivity contribution is 7.89. The average molecular weight is 459 g/mol. The van der Waals surface area contributed by atoms with Crippen molar-refractivity contribution in [3.63, 3.8) is 0 Å². The van der Waals surface area contributed by atoms with Crippen LogP contribution in [0.5, 0.6) is 0 Å². The number of anilines is 1. The van der Waals surface area contributed by atoms with Crippen LogP contribution in [0.1, 0.15) is 12.0 Å². The minimum Gasteiger partial charge on any atom is -0.379 e. The maximum absolute atomic E-state index is 12.9. The Balaban J connectivity index is 1.50. The van der Waals surface area contributed by atoms with Gasteiger partial charge in [-0.1, -0.05) is 18.2 Å². The Kier molecular flexibility index (Phi) is 6.18. The van der Waals surface area contributed by atoms with E-state index in [9.17, 15) is 18.0 Å². The summed E-state index contributed by atoms with van der Waals surface area (Å²) in [6.07, 6.45) is 0.0772. The van der Waals surface area contributed by atoms with E-state index >= 15 is 0 Å². The van der Waals surface area contributed by atoms with Crippen molar-refractivity contribution in [2.75, 3.05) is 31.6 Å². The number of imidazole rings is 1. The number of carbonyl (C=O) groups is 1. The third kappa shape index (κ3) is 4.21. The fraction of sp³-hybridized carbons (Fsp3) is 0.364. The zero-order chi connectivity index (χ0) is 22.9. The van der Waals surface area contributed by atoms with Crippen molar-refractivity contribution < 1.29 is 17.9 Å². The van der Waals surface area contributed by atoms with E-state index in [4.69, 9.17) is 4.74 Å². The second-order valence-electron chi connectivity index (χ2n) is 7.77. The number of carbonyl (C=O) groups excluding carboxylic acids is 1. The van der Waals surface area contributed by atoms with Crippen molar-refractivity contribution >= 4 is 32.7 Å². The number of hydrogen-bond acceptors (Lipinski definition) is 5. The first-order valence-electron chi connectivity index (χ1n) is 10.4. The van der Waals surface area contributed by atoms with Crippen molar-refractivity contribution in [3.8, 4) is 0 Å². The van der Waals surface area contributed by atoms with Gasteiger partial charge < -0.3 is 10.1 Å². The lowest BCUT2D eigenvalue weighted by molar-refractivity contribution is -0.116. The van der Waals surface area contributed by atoms with Gasteiger partial charge in [0.05, 0.1) is 29.1 Å². The molecule has 0 radical (unpaired) electrons. The Morgan fingerprint density at radius 3 is 2.50 bits per heavy atom. The van der Waals surface area contributed by atoms with E-state index < -0.39 is 10.0 Å². The lowest BCUT2D eigenvalue weighted by Crippen LogP contribution is -2.40. The largest absolute Gasteiger partial charge is 0.379 e. The molecule has 0 saturated carbocycles. The zero-order valence-corrected chi connectivity index (χ0v) is 18.9. The number of rotatable bonds is 6. The van der Waals surface area contributed by atoms with Crippen LogP contribution in [-0.4, -0.2) is 54.1 Å². The fourth-order valence-electron chi connectivity index (χ4n) is 3.84. The highest BCUT2D eigenvalue weighted by Crippen LogP contribution is 2.24. The molecule has 1 aliphatic heterocycles. The summed E-state index contributed by atoms with van der Waals surface area (Å²) in [5.74, 6) is -0.297. The molecule has 2 heterocycles. The number of para-hydroxylation sites is 2. The number of sulfonamides is 1. The molecule has 0 spiro atoms. The number of morpholine rings is 1. The van der Waals surface area contributed by atoms with Crippen molar-refractivity contribution in [3.05, 3.63) is 58.5 Å². The van der Waals surface area contributed by atoms with Crippen LogP contribution in [0.3, 0.4) is 0 Å². The minimum atomic E-state index is -3.67. The summed E-state index contributed by atoms with van der Waals surface area (Å²) in [6.45, 7) is 3.35. The molecule has 0 bridgehead atoms. The highest BCUT2D eigenvalue weighted by Gasteiger charge is 2.27. The van der Waals surface area contributed by atoms with E-state index in [0.29, 0.717) is 32.0 Å². The standard InChI is InChI=1S/C22H26N4O5S/c1-16-7-8-17(32(29,30)25-11-13-31-14-12-25)15-18(16)23-21(27)9-10-26-20-6-4-3-5-19(20)24(2)22(26)28/h3-8,15H,9-14H2,1-2H3,(H,23,27). The molecule has 0 atom stereocenters. The molecule has 1 fully saturated rings. The van der Waals surface area contributed by atoms with Crippen LogP contribution in [0, 0.1) is 6.92 Å². The van der Waals surface area contributed by atoms with Crippen LogP contribution < -0.4 is 11.0 Å². The first kappa shape index (κ1) is 22.3. The van der Waals surface area contributed by atoms with Gasteiger partial charge in [0.15, 0.2) is 0 Å². The molecule has 10 heteroatoms. The quantitative estimate of drug-likeness (QED) is 0.606. The molecule has 2 aromatic carbocycles. The van der Waals surface area contributed by atoms with E-state index in [-0.39, 0.29) is 29.5 Å². The van der Waals surface area contributed by atoms with Crippen LogP contribution in [0.2, 0.25) is 0 Å². The Bertz CT molecular complexity index is 1320. The van der Waals surface area contributed by atoms with Crippen LogP contribution in [0.25, 0.3) is 11.0 Å². The number of nitrogens with one attached hydrogen (secondary N) is 1. The molecule has 9 nitrogen and oxygen atoms in total. The number of benzene rings is 2. The lowest BCUT2D eigenvalue weighted by atomic mass is 10.2. The van der Waals surface area contributed by atoms with E-state index in [0.717, 1.165) is 16.6 Å². The number of aromatic nitrogens is 2. The topological polar surface area (TPSA) is 103 Å². The number of fused-ring (bicyclic) bond motifs is 1. The van der Waals surface area contributed by atoms with Gasteiger partial charge in [0, 0.05) is 38.8 Å². The highest BCUT2D eigenvalue weighted by atomic mass is 32.2. The molecule has 0 aliphatic carbocycles. The second kappa shape index (κ2) is 8.89. The van der Waals surface area contributed by atoms with Crippen LogP contribution in [0.4, 0.5) is 5.69 Å². The number of hydrogen-bond donors (Lipinski definition) is 1. The molecular weight excluding hydrogens is 432 g/mol. The lowest BCUT2D eigenvalue weighted by Gasteiger charge is -2.26. The van der Waals surface area contributed by atoms with Gasteiger partial charge in [-0.3, -0.25) is 13.9 Å². The van der Waals surface area contributed by atoms with Gasteiger partial charge in [-0.15, -0.1) is 0 Å². The van der Waals surface area contributed by atoms with Gasteiger partial charge in [-0.05, 0) is 36.8 Å². The van der Waals surface area contributed by atoms with E-state index in [1.54, 1.807) is 35.2 Å². The van der Waals surface area contributed by atoms with Gasteiger partial charge in [0.25, 0.3) is 0 Å². The average Bonchev–Trinajstić information content (AvgIpc) is 3.04. The molecule has 1 aromatic heterocycles. The zero-order valence-electron chi connectivity index (χ0n) is 18.1. The number of aryl methyl sites for hydroxylation is 3. The van der Waals surface area contributed by atoms with Crippen molar-refractivity contribution in [2.45, 2.75) is 24.8 Å². The normalized spacial score (nSPS) is 15.2. The smallest absolute Gasteiger partial charge is 0.328 e. The van der Waals surface area contributed by atoms with Gasteiger partial charge in [-0.25, -0.2) is 13.2 Å². The molecule has 1 saturated heterocycles. The molecular formula is C22H26N4O5S. The SMILES string of the molecule is Cc1ccc(S(=O)(=O)N2CCOCC2)cc1NC(=O)CCn1c(=O)n(C)c2ccccc21. The maximum Gasteiger partial charge on any atom is 0.328 e. The molecule has 32 heavy (non-hydrogen) atoms. The molecule has 1 N–H and O–H groups in total. The third-order valence-electron chi connectivity index (χ3n) is 5.71. The number of amides is 1. The van der Waals surface area contributed by atoms with Crippen molar-refractivity contribution in [1.29, 1.82) is 0 Å². The second-order valence-corrected chi connectivity index (χ2v) is 9.71. The molecule has 4 rings (SSSR count).